The van der Waals surface area contributed by atoms with Crippen LogP contribution < -0.4 is 5.32 Å². The predicted octanol–water partition coefficient (Wildman–Crippen LogP) is 4.09. The molecule has 5 nitrogen and oxygen atoms in total. The summed E-state index contributed by atoms with van der Waals surface area (Å²) in [5.74, 6) is 0.618. The van der Waals surface area contributed by atoms with E-state index in [1.807, 2.05) is 18.2 Å². The first kappa shape index (κ1) is 14.8. The van der Waals surface area contributed by atoms with Gasteiger partial charge in [-0.2, -0.15) is 0 Å². The van der Waals surface area contributed by atoms with Gasteiger partial charge >= 0.3 is 0 Å². The number of halogens is 1. The van der Waals surface area contributed by atoms with Crippen molar-refractivity contribution in [3.8, 4) is 0 Å². The lowest BCUT2D eigenvalue weighted by Crippen LogP contribution is -2.00. The number of pyridine rings is 1. The van der Waals surface area contributed by atoms with E-state index in [9.17, 15) is 10.1 Å². The molecule has 2 aromatic rings. The quantitative estimate of drug-likeness (QED) is 0.498. The number of nitro groups is 1. The van der Waals surface area contributed by atoms with Crippen LogP contribution >= 0.6 is 27.7 Å². The molecule has 0 saturated heterocycles. The van der Waals surface area contributed by atoms with E-state index < -0.39 is 0 Å². The first-order valence-corrected chi connectivity index (χ1v) is 7.58. The number of nitrogens with one attached hydrogen (secondary N) is 1. The van der Waals surface area contributed by atoms with Crippen molar-refractivity contribution < 1.29 is 4.92 Å². The Kier molecular flexibility index (Phi) is 4.97. The Morgan fingerprint density at radius 2 is 2.20 bits per heavy atom. The molecule has 1 heterocycles. The first-order chi connectivity index (χ1) is 9.61. The summed E-state index contributed by atoms with van der Waals surface area (Å²) >= 11 is 4.87. The van der Waals surface area contributed by atoms with Gasteiger partial charge in [-0.15, -0.1) is 11.8 Å². The maximum atomic E-state index is 11.0. The van der Waals surface area contributed by atoms with Crippen LogP contribution in [0.25, 0.3) is 0 Å². The van der Waals surface area contributed by atoms with Crippen LogP contribution in [0.4, 0.5) is 11.4 Å². The monoisotopic (exact) mass is 353 g/mol. The van der Waals surface area contributed by atoms with Gasteiger partial charge in [-0.3, -0.25) is 10.1 Å². The zero-order chi connectivity index (χ0) is 14.5. The lowest BCUT2D eigenvalue weighted by Gasteiger charge is -2.09. The van der Waals surface area contributed by atoms with E-state index in [1.165, 1.54) is 17.8 Å². The molecule has 0 bridgehead atoms. The molecular formula is C13H12BrN3O2S. The fourth-order valence-electron chi connectivity index (χ4n) is 1.75. The molecule has 20 heavy (non-hydrogen) atoms. The smallest absolute Gasteiger partial charge is 0.292 e. The van der Waals surface area contributed by atoms with Gasteiger partial charge in [-0.25, -0.2) is 4.98 Å². The van der Waals surface area contributed by atoms with E-state index >= 15 is 0 Å². The van der Waals surface area contributed by atoms with E-state index in [0.717, 1.165) is 15.1 Å². The highest BCUT2D eigenvalue weighted by molar-refractivity contribution is 9.10. The molecule has 1 aromatic carbocycles. The van der Waals surface area contributed by atoms with Crippen molar-refractivity contribution in [1.82, 2.24) is 4.98 Å². The van der Waals surface area contributed by atoms with Gasteiger partial charge in [0.2, 0.25) is 0 Å². The van der Waals surface area contributed by atoms with Crippen LogP contribution in [-0.2, 0) is 5.75 Å². The fourth-order valence-corrected chi connectivity index (χ4v) is 2.82. The van der Waals surface area contributed by atoms with Crippen molar-refractivity contribution >= 4 is 39.1 Å². The molecule has 7 heteroatoms. The number of aromatic nitrogens is 1. The Bertz CT molecular complexity index is 620. The number of benzene rings is 1. The Hall–Kier alpha value is -1.60. The summed E-state index contributed by atoms with van der Waals surface area (Å²) in [7, 11) is 1.69. The maximum absolute atomic E-state index is 11.0. The summed E-state index contributed by atoms with van der Waals surface area (Å²) in [4.78, 5) is 14.9. The zero-order valence-corrected chi connectivity index (χ0v) is 13.1. The molecule has 1 aromatic heterocycles. The summed E-state index contributed by atoms with van der Waals surface area (Å²) in [5, 5.41) is 14.8. The molecule has 1 N–H and O–H groups in total. The summed E-state index contributed by atoms with van der Waals surface area (Å²) < 4.78 is 0.924. The van der Waals surface area contributed by atoms with Gasteiger partial charge in [0.15, 0.2) is 0 Å². The largest absolute Gasteiger partial charge is 0.382 e. The highest BCUT2D eigenvalue weighted by atomic mass is 79.9. The van der Waals surface area contributed by atoms with Crippen LogP contribution in [0.1, 0.15) is 5.56 Å². The van der Waals surface area contributed by atoms with Gasteiger partial charge in [0, 0.05) is 29.5 Å². The van der Waals surface area contributed by atoms with E-state index in [4.69, 9.17) is 0 Å². The molecule has 0 fully saturated rings. The molecule has 0 saturated carbocycles. The van der Waals surface area contributed by atoms with Crippen LogP contribution in [0, 0.1) is 10.1 Å². The molecule has 0 atom stereocenters. The Morgan fingerprint density at radius 1 is 1.40 bits per heavy atom. The van der Waals surface area contributed by atoms with Gasteiger partial charge in [-0.05, 0) is 33.6 Å². The molecule has 0 aliphatic carbocycles. The minimum Gasteiger partial charge on any atom is -0.382 e. The van der Waals surface area contributed by atoms with Gasteiger partial charge in [0.1, 0.15) is 5.69 Å². The second-order valence-electron chi connectivity index (χ2n) is 3.92. The molecule has 0 aliphatic heterocycles. The van der Waals surface area contributed by atoms with E-state index in [-0.39, 0.29) is 10.6 Å². The van der Waals surface area contributed by atoms with E-state index in [0.29, 0.717) is 11.4 Å². The third-order valence-electron chi connectivity index (χ3n) is 2.65. The number of nitrogens with zero attached hydrogens (tertiary/aromatic N) is 2. The average molecular weight is 354 g/mol. The van der Waals surface area contributed by atoms with Crippen molar-refractivity contribution in [2.24, 2.45) is 0 Å². The molecule has 0 unspecified atom stereocenters. The fraction of sp³-hybridized carbons (Fsp3) is 0.154. The summed E-state index contributed by atoms with van der Waals surface area (Å²) in [6.07, 6.45) is 1.73. The van der Waals surface area contributed by atoms with Crippen molar-refractivity contribution in [2.75, 3.05) is 12.4 Å². The zero-order valence-electron chi connectivity index (χ0n) is 10.7. The minimum absolute atomic E-state index is 0.0920. The molecular weight excluding hydrogens is 342 g/mol. The van der Waals surface area contributed by atoms with Crippen molar-refractivity contribution in [1.29, 1.82) is 0 Å². The van der Waals surface area contributed by atoms with Crippen LogP contribution in [-0.4, -0.2) is 17.0 Å². The van der Waals surface area contributed by atoms with Crippen LogP contribution in [0.5, 0.6) is 0 Å². The van der Waals surface area contributed by atoms with E-state index in [1.54, 1.807) is 19.3 Å². The van der Waals surface area contributed by atoms with Crippen LogP contribution in [0.15, 0.2) is 46.0 Å². The SMILES string of the molecule is CNc1c(CSc2ccc(Br)cn2)cccc1[N+](=O)[O-]. The molecule has 0 radical (unpaired) electrons. The van der Waals surface area contributed by atoms with Crippen molar-refractivity contribution in [3.05, 3.63) is 56.7 Å². The standard InChI is InChI=1S/C13H12BrN3O2S/c1-15-13-9(3-2-4-11(13)17(18)19)8-20-12-6-5-10(14)7-16-12/h2-7,15H,8H2,1H3. The minimum atomic E-state index is -0.377. The van der Waals surface area contributed by atoms with E-state index in [2.05, 4.69) is 26.2 Å². The topological polar surface area (TPSA) is 68.1 Å². The molecule has 0 amide bonds. The van der Waals surface area contributed by atoms with Gasteiger partial charge in [-0.1, -0.05) is 12.1 Å². The number of hydrogen-bond donors (Lipinski definition) is 1. The normalized spacial score (nSPS) is 10.3. The lowest BCUT2D eigenvalue weighted by atomic mass is 10.1. The highest BCUT2D eigenvalue weighted by Crippen LogP contribution is 2.32. The van der Waals surface area contributed by atoms with Gasteiger partial charge < -0.3 is 5.32 Å². The Morgan fingerprint density at radius 3 is 2.80 bits per heavy atom. The number of nitro benzene ring substituents is 1. The third kappa shape index (κ3) is 3.49. The van der Waals surface area contributed by atoms with Gasteiger partial charge in [0.25, 0.3) is 5.69 Å². The first-order valence-electron chi connectivity index (χ1n) is 5.80. The maximum Gasteiger partial charge on any atom is 0.292 e. The molecule has 2 rings (SSSR count). The number of thioether (sulfide) groups is 1. The number of hydrogen-bond acceptors (Lipinski definition) is 5. The molecule has 0 aliphatic rings. The molecule has 0 spiro atoms. The Labute approximate surface area is 129 Å². The summed E-state index contributed by atoms with van der Waals surface area (Å²) in [6, 6.07) is 8.90. The highest BCUT2D eigenvalue weighted by Gasteiger charge is 2.16. The number of para-hydroxylation sites is 1. The van der Waals surface area contributed by atoms with Crippen molar-refractivity contribution in [2.45, 2.75) is 10.8 Å². The third-order valence-corrected chi connectivity index (χ3v) is 4.11. The second-order valence-corrected chi connectivity index (χ2v) is 5.83. The average Bonchev–Trinajstić information content (AvgIpc) is 2.46. The van der Waals surface area contributed by atoms with Gasteiger partial charge in [0.05, 0.1) is 9.95 Å². The van der Waals surface area contributed by atoms with Crippen LogP contribution in [0.2, 0.25) is 0 Å². The number of anilines is 1. The lowest BCUT2D eigenvalue weighted by molar-refractivity contribution is -0.384. The van der Waals surface area contributed by atoms with Crippen molar-refractivity contribution in [3.63, 3.8) is 0 Å². The Balaban J connectivity index is 2.19. The number of rotatable bonds is 5. The molecule has 104 valence electrons. The summed E-state index contributed by atoms with van der Waals surface area (Å²) in [6.45, 7) is 0. The van der Waals surface area contributed by atoms with Crippen LogP contribution in [0.3, 0.4) is 0 Å². The predicted molar refractivity (Wildman–Crippen MR) is 84.1 cm³/mol. The second kappa shape index (κ2) is 6.71. The summed E-state index contributed by atoms with van der Waals surface area (Å²) in [5.41, 5.74) is 1.54.